The van der Waals surface area contributed by atoms with Crippen LogP contribution in [0.3, 0.4) is 0 Å². The molecule has 0 N–H and O–H groups in total. The lowest BCUT2D eigenvalue weighted by Gasteiger charge is -2.34. The highest BCUT2D eigenvalue weighted by Crippen LogP contribution is 2.57. The van der Waals surface area contributed by atoms with Crippen LogP contribution in [0.2, 0.25) is 0 Å². The SMILES string of the molecule is Cc1cc2ccccc2nc1N(c1nc2ccccc2cc1C)c1cc(N(c2nc3ccccc3cc2C)c2nc3ccccc3cc2C)c2ccc3c(N(c4nc5ccccc5cc4C)c4nc5ccccc5cc4C)cc(N(c4nc5ccccc5cc4C)c4nc5ccccc5cc4C)c4ccc1c2c43. The van der Waals surface area contributed by atoms with Crippen LogP contribution in [0.4, 0.5) is 69.3 Å². The van der Waals surface area contributed by atoms with E-state index in [-0.39, 0.29) is 0 Å². The summed E-state index contributed by atoms with van der Waals surface area (Å²) in [5.74, 6) is 5.87. The van der Waals surface area contributed by atoms with Crippen molar-refractivity contribution in [3.05, 3.63) is 324 Å². The first-order chi connectivity index (χ1) is 52.8. The summed E-state index contributed by atoms with van der Waals surface area (Å²) >= 11 is 0. The molecule has 514 valence electrons. The second-order valence-corrected chi connectivity index (χ2v) is 28.8. The zero-order chi connectivity index (χ0) is 72.7. The van der Waals surface area contributed by atoms with Gasteiger partial charge in [0.2, 0.25) is 0 Å². The molecule has 0 saturated carbocycles. The van der Waals surface area contributed by atoms with Gasteiger partial charge >= 0.3 is 0 Å². The van der Waals surface area contributed by atoms with Crippen molar-refractivity contribution in [2.75, 3.05) is 19.6 Å². The maximum Gasteiger partial charge on any atom is 0.142 e. The fourth-order valence-electron chi connectivity index (χ4n) is 16.5. The molecule has 0 aliphatic rings. The summed E-state index contributed by atoms with van der Waals surface area (Å²) < 4.78 is 0. The Kier molecular flexibility index (Phi) is 14.7. The molecule has 12 heteroatoms. The molecular weight excluding hydrogens is 1320 g/mol. The van der Waals surface area contributed by atoms with E-state index in [0.29, 0.717) is 0 Å². The molecule has 8 aromatic heterocycles. The van der Waals surface area contributed by atoms with E-state index in [1.807, 2.05) is 0 Å². The lowest BCUT2D eigenvalue weighted by molar-refractivity contribution is 1.11. The van der Waals surface area contributed by atoms with E-state index < -0.39 is 0 Å². The topological polar surface area (TPSA) is 116 Å². The van der Waals surface area contributed by atoms with E-state index >= 15 is 0 Å². The Morgan fingerprint density at radius 2 is 0.306 bits per heavy atom. The lowest BCUT2D eigenvalue weighted by atomic mass is 9.89. The van der Waals surface area contributed by atoms with Crippen LogP contribution in [-0.4, -0.2) is 39.9 Å². The maximum absolute atomic E-state index is 5.78. The van der Waals surface area contributed by atoms with Crippen LogP contribution in [-0.2, 0) is 0 Å². The van der Waals surface area contributed by atoms with Gasteiger partial charge in [0.1, 0.15) is 46.5 Å². The normalized spacial score (nSPS) is 11.9. The number of anilines is 12. The van der Waals surface area contributed by atoms with Crippen LogP contribution in [0.1, 0.15) is 44.5 Å². The van der Waals surface area contributed by atoms with E-state index in [1.165, 1.54) is 0 Å². The molecule has 12 nitrogen and oxygen atoms in total. The fourth-order valence-corrected chi connectivity index (χ4v) is 16.5. The number of para-hydroxylation sites is 8. The first-order valence-corrected chi connectivity index (χ1v) is 36.7. The summed E-state index contributed by atoms with van der Waals surface area (Å²) in [7, 11) is 0. The predicted molar refractivity (Wildman–Crippen MR) is 449 cm³/mol. The molecule has 108 heavy (non-hydrogen) atoms. The molecule has 0 unspecified atom stereocenters. The van der Waals surface area contributed by atoms with Gasteiger partial charge in [-0.3, -0.25) is 19.6 Å². The molecule has 0 bridgehead atoms. The van der Waals surface area contributed by atoms with Crippen LogP contribution >= 0.6 is 0 Å². The largest absolute Gasteiger partial charge is 0.278 e. The van der Waals surface area contributed by atoms with E-state index in [9.17, 15) is 0 Å². The van der Waals surface area contributed by atoms with Gasteiger partial charge in [0.05, 0.1) is 66.9 Å². The molecule has 20 aromatic rings. The van der Waals surface area contributed by atoms with E-state index in [4.69, 9.17) is 39.9 Å². The maximum atomic E-state index is 5.78. The molecule has 0 atom stereocenters. The number of hydrogen-bond acceptors (Lipinski definition) is 12. The Hall–Kier alpha value is -13.8. The van der Waals surface area contributed by atoms with Crippen molar-refractivity contribution >= 4 is 189 Å². The van der Waals surface area contributed by atoms with Gasteiger partial charge in [-0.2, -0.15) is 0 Å². The zero-order valence-corrected chi connectivity index (χ0v) is 60.9. The van der Waals surface area contributed by atoms with Crippen LogP contribution in [0.15, 0.2) is 279 Å². The number of rotatable bonds is 12. The minimum absolute atomic E-state index is 0.734. The molecule has 12 aromatic carbocycles. The number of nitrogens with zero attached hydrogens (tertiary/aromatic N) is 12. The van der Waals surface area contributed by atoms with Gasteiger partial charge in [0.15, 0.2) is 0 Å². The molecule has 0 aliphatic heterocycles. The lowest BCUT2D eigenvalue weighted by Crippen LogP contribution is -2.20. The Morgan fingerprint density at radius 1 is 0.167 bits per heavy atom. The van der Waals surface area contributed by atoms with Gasteiger partial charge in [-0.15, -0.1) is 0 Å². The summed E-state index contributed by atoms with van der Waals surface area (Å²) in [6, 6.07) is 99.3. The van der Waals surface area contributed by atoms with E-state index in [0.717, 1.165) is 233 Å². The summed E-state index contributed by atoms with van der Waals surface area (Å²) in [6.45, 7) is 17.4. The van der Waals surface area contributed by atoms with Crippen molar-refractivity contribution in [3.8, 4) is 0 Å². The third-order valence-electron chi connectivity index (χ3n) is 21.6. The second kappa shape index (κ2) is 24.9. The molecule has 0 spiro atoms. The van der Waals surface area contributed by atoms with E-state index in [1.54, 1.807) is 0 Å². The molecule has 0 saturated heterocycles. The van der Waals surface area contributed by atoms with Crippen molar-refractivity contribution < 1.29 is 0 Å². The van der Waals surface area contributed by atoms with Gasteiger partial charge in [-0.05, 0) is 209 Å². The number of aromatic nitrogens is 8. The second-order valence-electron chi connectivity index (χ2n) is 28.8. The Balaban J connectivity index is 1.02. The van der Waals surface area contributed by atoms with Crippen LogP contribution < -0.4 is 19.6 Å². The molecule has 0 fully saturated rings. The predicted octanol–water partition coefficient (Wildman–Crippen LogP) is 25.3. The minimum atomic E-state index is 0.734. The van der Waals surface area contributed by atoms with Gasteiger partial charge in [0, 0.05) is 75.4 Å². The minimum Gasteiger partial charge on any atom is -0.278 e. The standard InChI is InChI=1S/C96H70N12/c1-55-45-63-25-9-17-33-75(63)97-89(55)105(90-56(2)46-64-26-10-18-34-76(64)98-90)83-53-84(106(91-57(3)47-65-27-11-19-35-77(65)99-91)92-58(4)48-66-28-12-20-36-78(66)100-92)72-43-44-74-86(108(95-61(7)51-69-31-15-23-39-81(69)103-95)96-62(8)52-70-32-16-24-40-82(70)104-96)54-85(73-42-41-71(83)87(72)88(73)74)107(93-59(5)49-67-29-13-21-37-79(67)101-93)94-60(6)50-68-30-14-22-38-80(68)102-94/h9-54H,1-8H3. The van der Waals surface area contributed by atoms with Gasteiger partial charge in [-0.1, -0.05) is 170 Å². The van der Waals surface area contributed by atoms with Crippen molar-refractivity contribution in [1.82, 2.24) is 39.9 Å². The highest BCUT2D eigenvalue weighted by Gasteiger charge is 2.35. The Morgan fingerprint density at radius 3 is 0.454 bits per heavy atom. The quantitative estimate of drug-likeness (QED) is 0.108. The summed E-state index contributed by atoms with van der Waals surface area (Å²) in [5.41, 5.74) is 17.9. The Bertz CT molecular complexity index is 5990. The highest BCUT2D eigenvalue weighted by molar-refractivity contribution is 6.33. The van der Waals surface area contributed by atoms with Crippen LogP contribution in [0.25, 0.3) is 120 Å². The molecule has 0 amide bonds. The van der Waals surface area contributed by atoms with Crippen LogP contribution in [0.5, 0.6) is 0 Å². The molecule has 0 radical (unpaired) electrons. The van der Waals surface area contributed by atoms with Crippen molar-refractivity contribution in [2.24, 2.45) is 0 Å². The summed E-state index contributed by atoms with van der Waals surface area (Å²) in [5, 5.41) is 14.0. The number of aryl methyl sites for hydroxylation is 8. The summed E-state index contributed by atoms with van der Waals surface area (Å²) in [6.07, 6.45) is 0. The molecule has 8 heterocycles. The van der Waals surface area contributed by atoms with Gasteiger partial charge < -0.3 is 0 Å². The number of hydrogen-bond donors (Lipinski definition) is 0. The monoisotopic (exact) mass is 1390 g/mol. The first kappa shape index (κ1) is 63.8. The summed E-state index contributed by atoms with van der Waals surface area (Å²) in [4.78, 5) is 55.6. The molecule has 0 aliphatic carbocycles. The number of pyridine rings is 8. The van der Waals surface area contributed by atoms with Crippen molar-refractivity contribution in [1.29, 1.82) is 0 Å². The smallest absolute Gasteiger partial charge is 0.142 e. The van der Waals surface area contributed by atoms with Gasteiger partial charge in [0.25, 0.3) is 0 Å². The van der Waals surface area contributed by atoms with Crippen molar-refractivity contribution in [2.45, 2.75) is 55.4 Å². The average Bonchev–Trinajstić information content (AvgIpc) is 0.623. The van der Waals surface area contributed by atoms with E-state index in [2.05, 4.69) is 354 Å². The number of fused-ring (bicyclic) bond motifs is 8. The van der Waals surface area contributed by atoms with Crippen LogP contribution in [0, 0.1) is 55.4 Å². The fraction of sp³-hybridized carbons (Fsp3) is 0.0833. The average molecular weight is 1390 g/mol. The first-order valence-electron chi connectivity index (χ1n) is 36.7. The zero-order valence-electron chi connectivity index (χ0n) is 60.9. The van der Waals surface area contributed by atoms with Crippen molar-refractivity contribution in [3.63, 3.8) is 0 Å². The van der Waals surface area contributed by atoms with Gasteiger partial charge in [-0.25, -0.2) is 39.9 Å². The number of benzene rings is 12. The Labute approximate surface area is 623 Å². The third kappa shape index (κ3) is 10.3. The molecular formula is C96H70N12. The third-order valence-corrected chi connectivity index (χ3v) is 21.6. The molecule has 20 rings (SSSR count). The highest BCUT2D eigenvalue weighted by atomic mass is 15.3.